The van der Waals surface area contributed by atoms with Crippen LogP contribution in [0.4, 0.5) is 5.69 Å². The summed E-state index contributed by atoms with van der Waals surface area (Å²) in [5.74, 6) is 1.08. The molecule has 0 aromatic heterocycles. The van der Waals surface area contributed by atoms with Gasteiger partial charge in [0.2, 0.25) is 0 Å². The number of amides is 1. The lowest BCUT2D eigenvalue weighted by atomic mass is 10.1. The van der Waals surface area contributed by atoms with E-state index in [-0.39, 0.29) is 5.91 Å². The molecule has 5 nitrogen and oxygen atoms in total. The van der Waals surface area contributed by atoms with E-state index >= 15 is 0 Å². The van der Waals surface area contributed by atoms with Gasteiger partial charge in [0, 0.05) is 51.3 Å². The number of rotatable bonds is 5. The van der Waals surface area contributed by atoms with Crippen LogP contribution in [0.2, 0.25) is 0 Å². The number of anilines is 1. The van der Waals surface area contributed by atoms with Crippen molar-refractivity contribution in [3.8, 4) is 5.75 Å². The molecular weight excluding hydrogens is 326 g/mol. The maximum Gasteiger partial charge on any atom is 0.251 e. The number of hydrogen-bond donors (Lipinski definition) is 1. The monoisotopic (exact) mass is 351 g/mol. The van der Waals surface area contributed by atoms with Crippen LogP contribution >= 0.6 is 0 Å². The zero-order valence-electron chi connectivity index (χ0n) is 15.0. The first kappa shape index (κ1) is 16.9. The number of piperazine rings is 1. The van der Waals surface area contributed by atoms with Gasteiger partial charge in [0.05, 0.1) is 12.3 Å². The molecule has 0 radical (unpaired) electrons. The first-order valence-corrected chi connectivity index (χ1v) is 9.36. The molecule has 1 amide bonds. The summed E-state index contributed by atoms with van der Waals surface area (Å²) in [6.07, 6.45) is 1.02. The molecule has 0 atom stereocenters. The summed E-state index contributed by atoms with van der Waals surface area (Å²) in [6, 6.07) is 15.8. The van der Waals surface area contributed by atoms with Crippen molar-refractivity contribution in [2.75, 3.05) is 50.8 Å². The lowest BCUT2D eigenvalue weighted by Gasteiger charge is -2.36. The van der Waals surface area contributed by atoms with Crippen molar-refractivity contribution in [2.24, 2.45) is 0 Å². The third-order valence-corrected chi connectivity index (χ3v) is 5.16. The quantitative estimate of drug-likeness (QED) is 0.897. The number of para-hydroxylation sites is 1. The van der Waals surface area contributed by atoms with Gasteiger partial charge >= 0.3 is 0 Å². The highest BCUT2D eigenvalue weighted by Gasteiger charge is 2.23. The number of benzene rings is 2. The summed E-state index contributed by atoms with van der Waals surface area (Å²) >= 11 is 0. The molecule has 0 saturated carbocycles. The van der Waals surface area contributed by atoms with Crippen LogP contribution in [0.25, 0.3) is 0 Å². The highest BCUT2D eigenvalue weighted by atomic mass is 16.5. The van der Waals surface area contributed by atoms with Gasteiger partial charge in [0.25, 0.3) is 5.91 Å². The predicted octanol–water partition coefficient (Wildman–Crippen LogP) is 2.17. The second-order valence-corrected chi connectivity index (χ2v) is 6.81. The second kappa shape index (κ2) is 7.79. The van der Waals surface area contributed by atoms with E-state index in [2.05, 4.69) is 33.3 Å². The van der Waals surface area contributed by atoms with Crippen molar-refractivity contribution >= 4 is 11.6 Å². The van der Waals surface area contributed by atoms with Crippen LogP contribution in [0.15, 0.2) is 48.5 Å². The van der Waals surface area contributed by atoms with Crippen molar-refractivity contribution in [1.82, 2.24) is 10.2 Å². The van der Waals surface area contributed by atoms with Gasteiger partial charge in [0.15, 0.2) is 0 Å². The number of nitrogens with zero attached hydrogens (tertiary/aromatic N) is 2. The molecule has 2 aliphatic rings. The minimum Gasteiger partial charge on any atom is -0.491 e. The molecule has 1 fully saturated rings. The first-order chi connectivity index (χ1) is 12.8. The average molecular weight is 351 g/mol. The van der Waals surface area contributed by atoms with E-state index in [4.69, 9.17) is 4.74 Å². The molecule has 1 saturated heterocycles. The van der Waals surface area contributed by atoms with Gasteiger partial charge in [-0.2, -0.15) is 0 Å². The largest absolute Gasteiger partial charge is 0.491 e. The second-order valence-electron chi connectivity index (χ2n) is 6.81. The topological polar surface area (TPSA) is 44.8 Å². The number of carbonyl (C=O) groups is 1. The van der Waals surface area contributed by atoms with E-state index in [0.717, 1.165) is 57.1 Å². The van der Waals surface area contributed by atoms with E-state index in [1.807, 2.05) is 30.3 Å². The molecule has 1 N–H and O–H groups in total. The van der Waals surface area contributed by atoms with Crippen molar-refractivity contribution in [3.05, 3.63) is 59.7 Å². The van der Waals surface area contributed by atoms with E-state index < -0.39 is 0 Å². The third kappa shape index (κ3) is 3.68. The Morgan fingerprint density at radius 2 is 1.81 bits per heavy atom. The number of nitrogens with one attached hydrogen (secondary N) is 1. The summed E-state index contributed by atoms with van der Waals surface area (Å²) in [5.41, 5.74) is 3.28. The lowest BCUT2D eigenvalue weighted by molar-refractivity contribution is 0.0947. The first-order valence-electron chi connectivity index (χ1n) is 9.36. The minimum absolute atomic E-state index is 0.00114. The number of carbonyl (C=O) groups excluding carboxylic acids is 1. The normalized spacial score (nSPS) is 16.8. The molecule has 0 aliphatic carbocycles. The van der Waals surface area contributed by atoms with Crippen molar-refractivity contribution in [3.63, 3.8) is 0 Å². The lowest BCUT2D eigenvalue weighted by Crippen LogP contribution is -2.48. The molecule has 26 heavy (non-hydrogen) atoms. The maximum atomic E-state index is 12.1. The molecule has 136 valence electrons. The molecule has 0 spiro atoms. The average Bonchev–Trinajstić information content (AvgIpc) is 3.18. The van der Waals surface area contributed by atoms with E-state index in [0.29, 0.717) is 6.54 Å². The van der Waals surface area contributed by atoms with Gasteiger partial charge in [0.1, 0.15) is 5.75 Å². The number of hydrogen-bond acceptors (Lipinski definition) is 4. The SMILES string of the molecule is O=C(NCCN1CCN(c2cccc3c2OCC3)CC1)c1ccccc1. The molecule has 2 aromatic rings. The Kier molecular flexibility index (Phi) is 5.07. The van der Waals surface area contributed by atoms with Crippen molar-refractivity contribution in [2.45, 2.75) is 6.42 Å². The van der Waals surface area contributed by atoms with Crippen LogP contribution in [0.3, 0.4) is 0 Å². The summed E-state index contributed by atoms with van der Waals surface area (Å²) in [7, 11) is 0. The Balaban J connectivity index is 1.24. The van der Waals surface area contributed by atoms with Crippen LogP contribution in [0, 0.1) is 0 Å². The molecule has 2 aliphatic heterocycles. The molecule has 0 unspecified atom stereocenters. The minimum atomic E-state index is 0.00114. The smallest absolute Gasteiger partial charge is 0.251 e. The van der Waals surface area contributed by atoms with E-state index in [1.54, 1.807) is 0 Å². The fourth-order valence-corrected chi connectivity index (χ4v) is 3.68. The van der Waals surface area contributed by atoms with Crippen LogP contribution in [-0.2, 0) is 6.42 Å². The molecule has 2 heterocycles. The summed E-state index contributed by atoms with van der Waals surface area (Å²) in [5, 5.41) is 3.01. The fraction of sp³-hybridized carbons (Fsp3) is 0.381. The van der Waals surface area contributed by atoms with Crippen LogP contribution in [-0.4, -0.2) is 56.7 Å². The Morgan fingerprint density at radius 1 is 1.00 bits per heavy atom. The van der Waals surface area contributed by atoms with Crippen molar-refractivity contribution in [1.29, 1.82) is 0 Å². The van der Waals surface area contributed by atoms with Gasteiger partial charge in [-0.3, -0.25) is 9.69 Å². The van der Waals surface area contributed by atoms with Crippen LogP contribution in [0.1, 0.15) is 15.9 Å². The van der Waals surface area contributed by atoms with Crippen molar-refractivity contribution < 1.29 is 9.53 Å². The van der Waals surface area contributed by atoms with Crippen LogP contribution < -0.4 is 15.0 Å². The summed E-state index contributed by atoms with van der Waals surface area (Å²) in [6.45, 7) is 6.36. The molecule has 4 rings (SSSR count). The van der Waals surface area contributed by atoms with Gasteiger partial charge in [-0.25, -0.2) is 0 Å². The highest BCUT2D eigenvalue weighted by molar-refractivity contribution is 5.94. The predicted molar refractivity (Wildman–Crippen MR) is 103 cm³/mol. The molecule has 2 aromatic carbocycles. The number of ether oxygens (including phenoxy) is 1. The number of fused-ring (bicyclic) bond motifs is 1. The van der Waals surface area contributed by atoms with Gasteiger partial charge in [-0.05, 0) is 23.8 Å². The molecule has 5 heteroatoms. The Bertz CT molecular complexity index is 755. The standard InChI is InChI=1S/C21H25N3O2/c25-21(18-5-2-1-3-6-18)22-10-11-23-12-14-24(15-13-23)19-8-4-7-17-9-16-26-20(17)19/h1-8H,9-16H2,(H,22,25). The zero-order chi connectivity index (χ0) is 17.8. The fourth-order valence-electron chi connectivity index (χ4n) is 3.68. The Labute approximate surface area is 154 Å². The Hall–Kier alpha value is -2.53. The Morgan fingerprint density at radius 3 is 2.62 bits per heavy atom. The third-order valence-electron chi connectivity index (χ3n) is 5.16. The summed E-state index contributed by atoms with van der Waals surface area (Å²) in [4.78, 5) is 16.9. The van der Waals surface area contributed by atoms with Gasteiger partial charge < -0.3 is 15.0 Å². The highest BCUT2D eigenvalue weighted by Crippen LogP contribution is 2.36. The van der Waals surface area contributed by atoms with E-state index in [9.17, 15) is 4.79 Å². The molecular formula is C21H25N3O2. The zero-order valence-corrected chi connectivity index (χ0v) is 15.0. The van der Waals surface area contributed by atoms with E-state index in [1.165, 1.54) is 11.3 Å². The van der Waals surface area contributed by atoms with Gasteiger partial charge in [-0.1, -0.05) is 30.3 Å². The molecule has 0 bridgehead atoms. The van der Waals surface area contributed by atoms with Gasteiger partial charge in [-0.15, -0.1) is 0 Å². The van der Waals surface area contributed by atoms with Crippen LogP contribution in [0.5, 0.6) is 5.75 Å². The maximum absolute atomic E-state index is 12.1. The summed E-state index contributed by atoms with van der Waals surface area (Å²) < 4.78 is 5.84.